The second-order valence-electron chi connectivity index (χ2n) is 4.69. The highest BCUT2D eigenvalue weighted by Gasteiger charge is 2.37. The Morgan fingerprint density at radius 1 is 1.31 bits per heavy atom. The van der Waals surface area contributed by atoms with E-state index in [0.717, 1.165) is 6.54 Å². The highest BCUT2D eigenvalue weighted by molar-refractivity contribution is 5.29. The van der Waals surface area contributed by atoms with Crippen LogP contribution in [0.5, 0.6) is 0 Å². The summed E-state index contributed by atoms with van der Waals surface area (Å²) < 4.78 is 2.33. The Morgan fingerprint density at radius 2 is 2.12 bits per heavy atom. The molecule has 1 heteroatoms. The molecule has 0 saturated carbocycles. The van der Waals surface area contributed by atoms with Crippen LogP contribution in [0.3, 0.4) is 0 Å². The van der Waals surface area contributed by atoms with Crippen molar-refractivity contribution in [3.63, 3.8) is 0 Å². The second kappa shape index (κ2) is 4.25. The Kier molecular flexibility index (Phi) is 2.95. The van der Waals surface area contributed by atoms with Gasteiger partial charge in [0.1, 0.15) is 6.54 Å². The predicted octanol–water partition coefficient (Wildman–Crippen LogP) is 3.01. The molecule has 1 aliphatic rings. The van der Waals surface area contributed by atoms with Crippen molar-refractivity contribution in [1.29, 1.82) is 0 Å². The second-order valence-corrected chi connectivity index (χ2v) is 4.69. The maximum Gasteiger partial charge on any atom is 0.191 e. The van der Waals surface area contributed by atoms with E-state index in [-0.39, 0.29) is 5.41 Å². The summed E-state index contributed by atoms with van der Waals surface area (Å²) in [5.41, 5.74) is 1.51. The molecule has 0 bridgehead atoms. The standard InChI is InChI=1S/C15H20N/c1-4-16-12-8-6-10-14(16)15(3)11-7-5-9-13(15)2/h5-13H,4H2,1-3H3/q+1. The Balaban J connectivity index is 2.50. The van der Waals surface area contributed by atoms with Gasteiger partial charge in [-0.15, -0.1) is 0 Å². The average molecular weight is 214 g/mol. The third-order valence-electron chi connectivity index (χ3n) is 3.73. The Bertz CT molecular complexity index is 431. The van der Waals surface area contributed by atoms with Gasteiger partial charge >= 0.3 is 0 Å². The van der Waals surface area contributed by atoms with Gasteiger partial charge in [-0.05, 0) is 19.8 Å². The minimum atomic E-state index is 0.117. The van der Waals surface area contributed by atoms with Gasteiger partial charge in [0, 0.05) is 12.1 Å². The fraction of sp³-hybridized carbons (Fsp3) is 0.400. The zero-order valence-electron chi connectivity index (χ0n) is 10.4. The fourth-order valence-corrected chi connectivity index (χ4v) is 2.40. The first-order valence-electron chi connectivity index (χ1n) is 6.03. The molecule has 2 rings (SSSR count). The molecule has 0 amide bonds. The van der Waals surface area contributed by atoms with Gasteiger partial charge in [-0.25, -0.2) is 4.57 Å². The van der Waals surface area contributed by atoms with E-state index in [2.05, 4.69) is 74.0 Å². The summed E-state index contributed by atoms with van der Waals surface area (Å²) in [5, 5.41) is 0. The highest BCUT2D eigenvalue weighted by Crippen LogP contribution is 2.34. The summed E-state index contributed by atoms with van der Waals surface area (Å²) in [6.07, 6.45) is 11.1. The van der Waals surface area contributed by atoms with Crippen molar-refractivity contribution in [3.05, 3.63) is 54.4 Å². The van der Waals surface area contributed by atoms with E-state index >= 15 is 0 Å². The van der Waals surface area contributed by atoms with Crippen LogP contribution in [0.4, 0.5) is 0 Å². The van der Waals surface area contributed by atoms with Gasteiger partial charge < -0.3 is 0 Å². The number of allylic oxidation sites excluding steroid dienone is 4. The van der Waals surface area contributed by atoms with Crippen LogP contribution in [-0.4, -0.2) is 0 Å². The predicted molar refractivity (Wildman–Crippen MR) is 67.1 cm³/mol. The maximum absolute atomic E-state index is 2.33. The van der Waals surface area contributed by atoms with E-state index in [4.69, 9.17) is 0 Å². The smallest absolute Gasteiger partial charge is 0.191 e. The lowest BCUT2D eigenvalue weighted by atomic mass is 9.72. The molecular weight excluding hydrogens is 194 g/mol. The number of aryl methyl sites for hydroxylation is 1. The largest absolute Gasteiger partial charge is 0.202 e. The van der Waals surface area contributed by atoms with Crippen molar-refractivity contribution < 1.29 is 4.57 Å². The van der Waals surface area contributed by atoms with Crippen LogP contribution in [0.2, 0.25) is 0 Å². The molecule has 1 aliphatic carbocycles. The quantitative estimate of drug-likeness (QED) is 0.666. The van der Waals surface area contributed by atoms with Crippen LogP contribution in [0.15, 0.2) is 48.7 Å². The third kappa shape index (κ3) is 1.71. The molecule has 2 atom stereocenters. The summed E-state index contributed by atoms with van der Waals surface area (Å²) >= 11 is 0. The monoisotopic (exact) mass is 214 g/mol. The molecule has 2 unspecified atom stereocenters. The van der Waals surface area contributed by atoms with Crippen molar-refractivity contribution in [3.8, 4) is 0 Å². The van der Waals surface area contributed by atoms with Crippen molar-refractivity contribution in [2.24, 2.45) is 5.92 Å². The first kappa shape index (κ1) is 11.1. The van der Waals surface area contributed by atoms with Gasteiger partial charge in [0.2, 0.25) is 0 Å². The lowest BCUT2D eigenvalue weighted by Gasteiger charge is -2.30. The number of hydrogen-bond donors (Lipinski definition) is 0. The lowest BCUT2D eigenvalue weighted by Crippen LogP contribution is -2.45. The number of aromatic nitrogens is 1. The zero-order valence-corrected chi connectivity index (χ0v) is 10.4. The van der Waals surface area contributed by atoms with Crippen LogP contribution in [0.25, 0.3) is 0 Å². The Morgan fingerprint density at radius 3 is 2.81 bits per heavy atom. The lowest BCUT2D eigenvalue weighted by molar-refractivity contribution is -0.704. The van der Waals surface area contributed by atoms with E-state index in [0.29, 0.717) is 5.92 Å². The topological polar surface area (TPSA) is 3.88 Å². The minimum absolute atomic E-state index is 0.117. The maximum atomic E-state index is 2.33. The normalized spacial score (nSPS) is 28.3. The first-order chi connectivity index (χ1) is 7.68. The molecule has 0 aliphatic heterocycles. The van der Waals surface area contributed by atoms with Gasteiger partial charge in [0.25, 0.3) is 0 Å². The van der Waals surface area contributed by atoms with Crippen LogP contribution in [0.1, 0.15) is 26.5 Å². The van der Waals surface area contributed by atoms with Gasteiger partial charge in [0.05, 0.1) is 5.41 Å². The molecule has 1 heterocycles. The molecule has 0 aromatic carbocycles. The summed E-state index contributed by atoms with van der Waals surface area (Å²) in [6.45, 7) is 7.82. The summed E-state index contributed by atoms with van der Waals surface area (Å²) in [6, 6.07) is 6.47. The van der Waals surface area contributed by atoms with Gasteiger partial charge in [-0.1, -0.05) is 37.3 Å². The van der Waals surface area contributed by atoms with Crippen LogP contribution < -0.4 is 4.57 Å². The van der Waals surface area contributed by atoms with Crippen molar-refractivity contribution >= 4 is 0 Å². The number of hydrogen-bond acceptors (Lipinski definition) is 0. The van der Waals surface area contributed by atoms with E-state index in [1.807, 2.05) is 0 Å². The molecule has 16 heavy (non-hydrogen) atoms. The molecule has 0 spiro atoms. The molecule has 1 aromatic rings. The van der Waals surface area contributed by atoms with Crippen LogP contribution in [0, 0.1) is 5.92 Å². The number of nitrogens with zero attached hydrogens (tertiary/aromatic N) is 1. The number of pyridine rings is 1. The van der Waals surface area contributed by atoms with Crippen LogP contribution in [-0.2, 0) is 12.0 Å². The Labute approximate surface area is 98.1 Å². The third-order valence-corrected chi connectivity index (χ3v) is 3.73. The van der Waals surface area contributed by atoms with Crippen LogP contribution >= 0.6 is 0 Å². The van der Waals surface area contributed by atoms with E-state index in [1.165, 1.54) is 5.69 Å². The summed E-state index contributed by atoms with van der Waals surface area (Å²) in [5.74, 6) is 0.540. The van der Waals surface area contributed by atoms with E-state index < -0.39 is 0 Å². The van der Waals surface area contributed by atoms with Crippen molar-refractivity contribution in [2.45, 2.75) is 32.7 Å². The Hall–Kier alpha value is -1.37. The summed E-state index contributed by atoms with van der Waals surface area (Å²) in [7, 11) is 0. The molecule has 0 N–H and O–H groups in total. The highest BCUT2D eigenvalue weighted by atomic mass is 15.0. The molecule has 0 radical (unpaired) electrons. The SMILES string of the molecule is CC[n+]1ccccc1C1(C)C=CC=CC1C. The average Bonchev–Trinajstić information content (AvgIpc) is 2.33. The molecule has 0 fully saturated rings. The first-order valence-corrected chi connectivity index (χ1v) is 6.03. The molecule has 84 valence electrons. The van der Waals surface area contributed by atoms with E-state index in [1.54, 1.807) is 0 Å². The van der Waals surface area contributed by atoms with Crippen molar-refractivity contribution in [1.82, 2.24) is 0 Å². The van der Waals surface area contributed by atoms with E-state index in [9.17, 15) is 0 Å². The zero-order chi connectivity index (χ0) is 11.6. The molecular formula is C15H20N+. The van der Waals surface area contributed by atoms with Gasteiger partial charge in [-0.3, -0.25) is 0 Å². The number of rotatable bonds is 2. The van der Waals surface area contributed by atoms with Crippen molar-refractivity contribution in [2.75, 3.05) is 0 Å². The summed E-state index contributed by atoms with van der Waals surface area (Å²) in [4.78, 5) is 0. The minimum Gasteiger partial charge on any atom is -0.202 e. The fourth-order valence-electron chi connectivity index (χ4n) is 2.40. The molecule has 0 saturated heterocycles. The molecule has 1 aromatic heterocycles. The molecule has 1 nitrogen and oxygen atoms in total. The van der Waals surface area contributed by atoms with Gasteiger partial charge in [0.15, 0.2) is 11.9 Å². The van der Waals surface area contributed by atoms with Gasteiger partial charge in [-0.2, -0.15) is 0 Å².